The number of nitrogens with zero attached hydrogens (tertiary/aromatic N) is 2. The summed E-state index contributed by atoms with van der Waals surface area (Å²) < 4.78 is 5.36. The minimum atomic E-state index is -1.26. The lowest BCUT2D eigenvalue weighted by Gasteiger charge is -2.34. The fourth-order valence-electron chi connectivity index (χ4n) is 3.75. The van der Waals surface area contributed by atoms with E-state index in [1.807, 2.05) is 32.0 Å². The number of aromatic hydroxyl groups is 1. The van der Waals surface area contributed by atoms with E-state index in [0.717, 1.165) is 10.5 Å². The second kappa shape index (κ2) is 12.8. The molecule has 9 nitrogen and oxygen atoms in total. The molecule has 37 heavy (non-hydrogen) atoms. The first-order chi connectivity index (χ1) is 17.4. The van der Waals surface area contributed by atoms with Gasteiger partial charge in [0.15, 0.2) is 0 Å². The summed E-state index contributed by atoms with van der Waals surface area (Å²) in [7, 11) is 0. The average Bonchev–Trinajstić information content (AvgIpc) is 2.81. The Labute approximate surface area is 218 Å². The van der Waals surface area contributed by atoms with Crippen molar-refractivity contribution >= 4 is 23.6 Å². The average molecular weight is 509 g/mol. The van der Waals surface area contributed by atoms with Gasteiger partial charge in [0.25, 0.3) is 5.91 Å². The summed E-state index contributed by atoms with van der Waals surface area (Å²) in [5, 5.41) is 25.2. The van der Waals surface area contributed by atoms with Crippen molar-refractivity contribution in [1.29, 1.82) is 5.26 Å². The number of rotatable bonds is 9. The van der Waals surface area contributed by atoms with Gasteiger partial charge in [-0.05, 0) is 62.9 Å². The molecule has 3 N–H and O–H groups in total. The van der Waals surface area contributed by atoms with Gasteiger partial charge >= 0.3 is 6.09 Å². The molecule has 9 heteroatoms. The molecule has 0 spiro atoms. The summed E-state index contributed by atoms with van der Waals surface area (Å²) >= 11 is 0. The van der Waals surface area contributed by atoms with Gasteiger partial charge in [-0.1, -0.05) is 50.6 Å². The molecule has 0 aromatic heterocycles. The molecule has 0 aliphatic heterocycles. The zero-order valence-electron chi connectivity index (χ0n) is 22.2. The molecule has 2 aromatic carbocycles. The van der Waals surface area contributed by atoms with Crippen molar-refractivity contribution in [2.45, 2.75) is 65.6 Å². The number of amides is 3. The molecule has 0 radical (unpaired) electrons. The number of hydrogen-bond donors (Lipinski definition) is 3. The van der Waals surface area contributed by atoms with E-state index >= 15 is 0 Å². The summed E-state index contributed by atoms with van der Waals surface area (Å²) in [5.41, 5.74) is 0.895. The van der Waals surface area contributed by atoms with Gasteiger partial charge in [-0.3, -0.25) is 9.59 Å². The molecule has 2 aromatic rings. The molecular formula is C28H36N4O5. The lowest BCUT2D eigenvalue weighted by atomic mass is 9.95. The molecule has 2 rings (SSSR count). The maximum atomic E-state index is 13.9. The van der Waals surface area contributed by atoms with Gasteiger partial charge in [-0.25, -0.2) is 4.79 Å². The van der Waals surface area contributed by atoms with E-state index < -0.39 is 42.1 Å². The van der Waals surface area contributed by atoms with E-state index in [1.54, 1.807) is 52.0 Å². The molecule has 0 bridgehead atoms. The Morgan fingerprint density at radius 1 is 1.14 bits per heavy atom. The molecule has 3 unspecified atom stereocenters. The van der Waals surface area contributed by atoms with Gasteiger partial charge in [0, 0.05) is 5.69 Å². The Morgan fingerprint density at radius 2 is 1.81 bits per heavy atom. The zero-order chi connectivity index (χ0) is 27.8. The van der Waals surface area contributed by atoms with Crippen molar-refractivity contribution in [3.63, 3.8) is 0 Å². The van der Waals surface area contributed by atoms with Crippen LogP contribution in [0.5, 0.6) is 5.75 Å². The molecule has 198 valence electrons. The number of carbonyl (C=O) groups excluding carboxylic acids is 3. The van der Waals surface area contributed by atoms with Crippen LogP contribution >= 0.6 is 0 Å². The Balaban J connectivity index is 2.53. The standard InChI is InChI=1S/C28H36N4O5/c1-7-18(2)23(31-27(36)37-28(4,5)6)26(35)32(16-15-29)24(20-12-10-13-21(33)17-20)25(34)30-22-14-9-8-11-19(22)3/h8-14,17-18,23-24,33H,7,16H2,1-6H3,(H,30,34)(H,31,36). The van der Waals surface area contributed by atoms with Crippen molar-refractivity contribution in [1.82, 2.24) is 10.2 Å². The Kier molecular flexibility index (Phi) is 10.1. The predicted molar refractivity (Wildman–Crippen MR) is 141 cm³/mol. The number of phenolic OH excluding ortho intramolecular Hbond substituents is 1. The molecule has 3 amide bonds. The van der Waals surface area contributed by atoms with Crippen molar-refractivity contribution in [3.8, 4) is 11.8 Å². The van der Waals surface area contributed by atoms with E-state index in [1.165, 1.54) is 12.1 Å². The number of nitriles is 1. The lowest BCUT2D eigenvalue weighted by molar-refractivity contribution is -0.141. The third-order valence-corrected chi connectivity index (χ3v) is 5.82. The minimum absolute atomic E-state index is 0.0964. The van der Waals surface area contributed by atoms with Crippen LogP contribution in [0, 0.1) is 24.2 Å². The second-order valence-electron chi connectivity index (χ2n) is 9.94. The first-order valence-electron chi connectivity index (χ1n) is 12.2. The monoisotopic (exact) mass is 508 g/mol. The van der Waals surface area contributed by atoms with Crippen LogP contribution in [0.3, 0.4) is 0 Å². The topological polar surface area (TPSA) is 132 Å². The Bertz CT molecular complexity index is 1150. The number of hydrogen-bond acceptors (Lipinski definition) is 6. The number of phenols is 1. The SMILES string of the molecule is CCC(C)C(NC(=O)OC(C)(C)C)C(=O)N(CC#N)C(C(=O)Nc1ccccc1C)c1cccc(O)c1. The highest BCUT2D eigenvalue weighted by Crippen LogP contribution is 2.28. The molecule has 0 heterocycles. The van der Waals surface area contributed by atoms with Crippen molar-refractivity contribution in [3.05, 3.63) is 59.7 Å². The van der Waals surface area contributed by atoms with E-state index in [0.29, 0.717) is 17.7 Å². The number of ether oxygens (including phenoxy) is 1. The van der Waals surface area contributed by atoms with Gasteiger partial charge in [-0.15, -0.1) is 0 Å². The first-order valence-corrected chi connectivity index (χ1v) is 12.2. The number of aryl methyl sites for hydroxylation is 1. The number of nitrogens with one attached hydrogen (secondary N) is 2. The summed E-state index contributed by atoms with van der Waals surface area (Å²) in [6.07, 6.45) is -0.236. The van der Waals surface area contributed by atoms with Gasteiger partial charge in [0.2, 0.25) is 5.91 Å². The predicted octanol–water partition coefficient (Wildman–Crippen LogP) is 4.67. The fraction of sp³-hybridized carbons (Fsp3) is 0.429. The van der Waals surface area contributed by atoms with Crippen molar-refractivity contribution < 1.29 is 24.2 Å². The van der Waals surface area contributed by atoms with Gasteiger partial charge < -0.3 is 25.4 Å². The number of alkyl carbamates (subject to hydrolysis) is 1. The number of anilines is 1. The molecular weight excluding hydrogens is 472 g/mol. The maximum absolute atomic E-state index is 13.9. The summed E-state index contributed by atoms with van der Waals surface area (Å²) in [4.78, 5) is 41.3. The summed E-state index contributed by atoms with van der Waals surface area (Å²) in [6, 6.07) is 12.8. The smallest absolute Gasteiger partial charge is 0.408 e. The van der Waals surface area contributed by atoms with Crippen LogP contribution in [0.4, 0.5) is 10.5 Å². The molecule has 0 saturated heterocycles. The van der Waals surface area contributed by atoms with Crippen LogP contribution in [0.2, 0.25) is 0 Å². The van der Waals surface area contributed by atoms with E-state index in [-0.39, 0.29) is 11.7 Å². The van der Waals surface area contributed by atoms with Gasteiger partial charge in [-0.2, -0.15) is 5.26 Å². The lowest BCUT2D eigenvalue weighted by Crippen LogP contribution is -2.54. The summed E-state index contributed by atoms with van der Waals surface area (Å²) in [5.74, 6) is -1.61. The number of carbonyl (C=O) groups is 3. The first kappa shape index (κ1) is 29.2. The third kappa shape index (κ3) is 8.24. The highest BCUT2D eigenvalue weighted by atomic mass is 16.6. The van der Waals surface area contributed by atoms with E-state index in [9.17, 15) is 24.8 Å². The van der Waals surface area contributed by atoms with Crippen LogP contribution < -0.4 is 10.6 Å². The molecule has 0 aliphatic rings. The normalized spacial score (nSPS) is 13.4. The van der Waals surface area contributed by atoms with Crippen molar-refractivity contribution in [2.24, 2.45) is 5.92 Å². The largest absolute Gasteiger partial charge is 0.508 e. The second-order valence-corrected chi connectivity index (χ2v) is 9.94. The minimum Gasteiger partial charge on any atom is -0.508 e. The summed E-state index contributed by atoms with van der Waals surface area (Å²) in [6.45, 7) is 10.2. The van der Waals surface area contributed by atoms with Crippen LogP contribution in [0.25, 0.3) is 0 Å². The Morgan fingerprint density at radius 3 is 2.38 bits per heavy atom. The van der Waals surface area contributed by atoms with Crippen LogP contribution in [0.1, 0.15) is 58.2 Å². The highest BCUT2D eigenvalue weighted by Gasteiger charge is 2.38. The maximum Gasteiger partial charge on any atom is 0.408 e. The highest BCUT2D eigenvalue weighted by molar-refractivity contribution is 5.99. The van der Waals surface area contributed by atoms with E-state index in [2.05, 4.69) is 10.6 Å². The van der Waals surface area contributed by atoms with Crippen LogP contribution in [-0.2, 0) is 14.3 Å². The molecule has 3 atom stereocenters. The van der Waals surface area contributed by atoms with Crippen LogP contribution in [0.15, 0.2) is 48.5 Å². The fourth-order valence-corrected chi connectivity index (χ4v) is 3.75. The number of para-hydroxylation sites is 1. The zero-order valence-corrected chi connectivity index (χ0v) is 22.2. The molecule has 0 saturated carbocycles. The quantitative estimate of drug-likeness (QED) is 0.422. The number of benzene rings is 2. The van der Waals surface area contributed by atoms with Crippen molar-refractivity contribution in [2.75, 3.05) is 11.9 Å². The van der Waals surface area contributed by atoms with Gasteiger partial charge in [0.1, 0.15) is 30.0 Å². The third-order valence-electron chi connectivity index (χ3n) is 5.82. The van der Waals surface area contributed by atoms with E-state index in [4.69, 9.17) is 4.74 Å². The molecule has 0 aliphatic carbocycles. The van der Waals surface area contributed by atoms with Gasteiger partial charge in [0.05, 0.1) is 6.07 Å². The van der Waals surface area contributed by atoms with Crippen LogP contribution in [-0.4, -0.2) is 46.1 Å². The Hall–Kier alpha value is -4.06. The molecule has 0 fully saturated rings.